The Labute approximate surface area is 314 Å². The van der Waals surface area contributed by atoms with Gasteiger partial charge in [0.05, 0.1) is 24.7 Å². The van der Waals surface area contributed by atoms with Crippen LogP contribution in [0.4, 0.5) is 9.59 Å². The summed E-state index contributed by atoms with van der Waals surface area (Å²) in [7, 11) is 0. The number of benzene rings is 3. The summed E-state index contributed by atoms with van der Waals surface area (Å²) in [5.74, 6) is -0.711. The van der Waals surface area contributed by atoms with Gasteiger partial charge in [-0.15, -0.1) is 0 Å². The molecule has 16 heteroatoms. The first kappa shape index (κ1) is 37.5. The molecule has 1 saturated heterocycles. The van der Waals surface area contributed by atoms with Gasteiger partial charge in [-0.1, -0.05) is 31.4 Å². The Kier molecular flexibility index (Phi) is 10.8. The van der Waals surface area contributed by atoms with Crippen LogP contribution in [0, 0.1) is 5.92 Å². The molecule has 7 rings (SSSR count). The predicted octanol–water partition coefficient (Wildman–Crippen LogP) is 4.75. The topological polar surface area (TPSA) is 201 Å². The maximum Gasteiger partial charge on any atom is 0.509 e. The highest BCUT2D eigenvalue weighted by molar-refractivity contribution is 6.13. The molecule has 0 amide bonds. The van der Waals surface area contributed by atoms with Crippen LogP contribution < -0.4 is 14.2 Å². The van der Waals surface area contributed by atoms with E-state index in [9.17, 15) is 29.4 Å². The van der Waals surface area contributed by atoms with E-state index < -0.39 is 74.1 Å². The Bertz CT molecular complexity index is 2040. The maximum atomic E-state index is 13.6. The van der Waals surface area contributed by atoms with Crippen molar-refractivity contribution in [3.63, 3.8) is 0 Å². The summed E-state index contributed by atoms with van der Waals surface area (Å²) < 4.78 is 56.9. The summed E-state index contributed by atoms with van der Waals surface area (Å²) in [4.78, 5) is 52.6. The van der Waals surface area contributed by atoms with E-state index in [4.69, 9.17) is 47.4 Å². The molecule has 0 spiro atoms. The van der Waals surface area contributed by atoms with Gasteiger partial charge < -0.3 is 57.6 Å². The molecular formula is C39H38O16. The first-order chi connectivity index (χ1) is 26.6. The standard InChI is InChI=1S/C39H38O16/c1-4-10-46-38(44)54-31-19(3)51-37(34(55-39(45)47-11-5-2)33(31)52-35(42)20-6-7-20)53-32-25-13-23(16-41)22(15-40)12-24(25)29(30-26(32)17-48-36(30)43)21-8-9-27-28(14-21)50-18-49-27/h4-5,8-9,12-14,19-20,31,33-34,37,40-41H,1-2,6-7,10-11,15-18H2,3H3/t19-,31-,33+,34-,37?/m1/s1. The van der Waals surface area contributed by atoms with Gasteiger partial charge in [-0.25, -0.2) is 14.4 Å². The van der Waals surface area contributed by atoms with Crippen molar-refractivity contribution in [2.75, 3.05) is 20.0 Å². The Balaban J connectivity index is 1.37. The minimum absolute atomic E-state index is 0.0179. The van der Waals surface area contributed by atoms with Crippen molar-refractivity contribution in [1.82, 2.24) is 0 Å². The van der Waals surface area contributed by atoms with Crippen LogP contribution >= 0.6 is 0 Å². The molecule has 3 heterocycles. The lowest BCUT2D eigenvalue weighted by Crippen LogP contribution is -2.62. The number of carbonyl (C=O) groups excluding carboxylic acids is 4. The SMILES string of the molecule is C=CCOC(=O)O[C@H]1[C@H](OC(=O)C2CC2)[C@@H](OC(=O)OCC=C)C(Oc2c3c(c(-c4ccc5c(c4)OCO5)c4cc(CO)c(CO)cc24)C(=O)OC3)O[C@@H]1C. The van der Waals surface area contributed by atoms with E-state index in [-0.39, 0.29) is 43.5 Å². The molecule has 3 aromatic rings. The number of aliphatic hydroxyl groups excluding tert-OH is 2. The van der Waals surface area contributed by atoms with Crippen molar-refractivity contribution >= 4 is 35.0 Å². The molecular weight excluding hydrogens is 724 g/mol. The minimum atomic E-state index is -1.64. The molecule has 3 aromatic carbocycles. The van der Waals surface area contributed by atoms with E-state index in [1.807, 2.05) is 0 Å². The first-order valence-electron chi connectivity index (χ1n) is 17.5. The first-order valence-corrected chi connectivity index (χ1v) is 17.5. The van der Waals surface area contributed by atoms with Crippen molar-refractivity contribution in [2.45, 2.75) is 70.3 Å². The van der Waals surface area contributed by atoms with Gasteiger partial charge in [0, 0.05) is 16.5 Å². The molecule has 290 valence electrons. The fourth-order valence-electron chi connectivity index (χ4n) is 6.70. The lowest BCUT2D eigenvalue weighted by atomic mass is 9.87. The maximum absolute atomic E-state index is 13.6. The smallest absolute Gasteiger partial charge is 0.460 e. The monoisotopic (exact) mass is 762 g/mol. The van der Waals surface area contributed by atoms with E-state index >= 15 is 0 Å². The molecule has 55 heavy (non-hydrogen) atoms. The van der Waals surface area contributed by atoms with Crippen LogP contribution in [-0.4, -0.2) is 85.2 Å². The zero-order valence-electron chi connectivity index (χ0n) is 29.7. The van der Waals surface area contributed by atoms with Gasteiger partial charge in [0.15, 0.2) is 23.7 Å². The van der Waals surface area contributed by atoms with Crippen LogP contribution in [-0.2, 0) is 57.8 Å². The van der Waals surface area contributed by atoms with Gasteiger partial charge >= 0.3 is 24.2 Å². The second kappa shape index (κ2) is 15.9. The summed E-state index contributed by atoms with van der Waals surface area (Å²) in [5.41, 5.74) is 2.13. The summed E-state index contributed by atoms with van der Waals surface area (Å²) in [6, 6.07) is 8.39. The lowest BCUT2D eigenvalue weighted by Gasteiger charge is -2.43. The number of aliphatic hydroxyl groups is 2. The molecule has 2 N–H and O–H groups in total. The molecule has 1 unspecified atom stereocenters. The predicted molar refractivity (Wildman–Crippen MR) is 187 cm³/mol. The highest BCUT2D eigenvalue weighted by Crippen LogP contribution is 2.48. The molecule has 1 saturated carbocycles. The van der Waals surface area contributed by atoms with Crippen LogP contribution in [0.2, 0.25) is 0 Å². The number of ether oxygens (including phenoxy) is 10. The Morgan fingerprint density at radius 3 is 2.13 bits per heavy atom. The Hall–Kier alpha value is -5.84. The van der Waals surface area contributed by atoms with Gasteiger partial charge in [-0.2, -0.15) is 0 Å². The second-order valence-corrected chi connectivity index (χ2v) is 13.1. The van der Waals surface area contributed by atoms with Crippen molar-refractivity contribution in [1.29, 1.82) is 0 Å². The normalized spacial score (nSPS) is 22.2. The van der Waals surface area contributed by atoms with Gasteiger partial charge in [0.2, 0.25) is 19.2 Å². The zero-order chi connectivity index (χ0) is 38.8. The quantitative estimate of drug-likeness (QED) is 0.137. The fourth-order valence-corrected chi connectivity index (χ4v) is 6.70. The Morgan fingerprint density at radius 1 is 0.818 bits per heavy atom. The van der Waals surface area contributed by atoms with Gasteiger partial charge in [0.25, 0.3) is 0 Å². The zero-order valence-corrected chi connectivity index (χ0v) is 29.7. The van der Waals surface area contributed by atoms with Crippen molar-refractivity contribution in [3.8, 4) is 28.4 Å². The van der Waals surface area contributed by atoms with Crippen LogP contribution in [0.1, 0.15) is 46.8 Å². The highest BCUT2D eigenvalue weighted by Gasteiger charge is 2.54. The van der Waals surface area contributed by atoms with E-state index in [1.54, 1.807) is 30.3 Å². The van der Waals surface area contributed by atoms with Gasteiger partial charge in [-0.05, 0) is 66.1 Å². The van der Waals surface area contributed by atoms with Gasteiger partial charge in [-0.3, -0.25) is 4.79 Å². The molecule has 1 aliphatic carbocycles. The van der Waals surface area contributed by atoms with E-state index in [2.05, 4.69) is 13.2 Å². The largest absolute Gasteiger partial charge is 0.509 e. The number of fused-ring (bicyclic) bond motifs is 3. The molecule has 5 atom stereocenters. The second-order valence-electron chi connectivity index (χ2n) is 13.1. The summed E-state index contributed by atoms with van der Waals surface area (Å²) >= 11 is 0. The number of carbonyl (C=O) groups is 4. The average molecular weight is 763 g/mol. The summed E-state index contributed by atoms with van der Waals surface area (Å²) in [6.07, 6.45) is -5.73. The Morgan fingerprint density at radius 2 is 1.47 bits per heavy atom. The molecule has 0 bridgehead atoms. The molecule has 3 aliphatic heterocycles. The number of hydrogen-bond donors (Lipinski definition) is 2. The molecule has 0 aromatic heterocycles. The van der Waals surface area contributed by atoms with Crippen molar-refractivity contribution < 1.29 is 76.8 Å². The van der Waals surface area contributed by atoms with Crippen LogP contribution in [0.5, 0.6) is 17.2 Å². The molecule has 16 nitrogen and oxygen atoms in total. The van der Waals surface area contributed by atoms with Crippen molar-refractivity contribution in [3.05, 3.63) is 77.9 Å². The molecule has 2 fully saturated rings. The van der Waals surface area contributed by atoms with E-state index in [1.165, 1.54) is 19.1 Å². The third-order valence-corrected chi connectivity index (χ3v) is 9.46. The third-order valence-electron chi connectivity index (χ3n) is 9.46. The van der Waals surface area contributed by atoms with Gasteiger partial charge in [0.1, 0.15) is 31.7 Å². The number of rotatable bonds is 13. The number of hydrogen-bond acceptors (Lipinski definition) is 16. The van der Waals surface area contributed by atoms with Crippen LogP contribution in [0.25, 0.3) is 21.9 Å². The lowest BCUT2D eigenvalue weighted by molar-refractivity contribution is -0.276. The average Bonchev–Trinajstić information content (AvgIpc) is 3.82. The fraction of sp³-hybridized carbons (Fsp3) is 0.385. The minimum Gasteiger partial charge on any atom is -0.460 e. The van der Waals surface area contributed by atoms with Crippen molar-refractivity contribution in [2.24, 2.45) is 5.92 Å². The van der Waals surface area contributed by atoms with Crippen LogP contribution in [0.3, 0.4) is 0 Å². The van der Waals surface area contributed by atoms with E-state index in [0.29, 0.717) is 57.4 Å². The molecule has 0 radical (unpaired) electrons. The number of cyclic esters (lactones) is 1. The summed E-state index contributed by atoms with van der Waals surface area (Å²) in [5, 5.41) is 21.4. The van der Waals surface area contributed by atoms with Crippen LogP contribution in [0.15, 0.2) is 55.6 Å². The summed E-state index contributed by atoms with van der Waals surface area (Å²) in [6.45, 7) is 7.03. The number of esters is 2. The van der Waals surface area contributed by atoms with E-state index in [0.717, 1.165) is 0 Å². The highest BCUT2D eigenvalue weighted by atomic mass is 16.8. The third kappa shape index (κ3) is 7.48. The molecule has 4 aliphatic rings.